The summed E-state index contributed by atoms with van der Waals surface area (Å²) in [5, 5.41) is 0.0744. The lowest BCUT2D eigenvalue weighted by molar-refractivity contribution is 0.616. The predicted molar refractivity (Wildman–Crippen MR) is 98.6 cm³/mol. The number of halogens is 2. The molecule has 0 fully saturated rings. The molecule has 0 unspecified atom stereocenters. The Bertz CT molecular complexity index is 765. The first-order valence-corrected chi connectivity index (χ1v) is 8.09. The van der Waals surface area contributed by atoms with E-state index in [9.17, 15) is 4.39 Å². The summed E-state index contributed by atoms with van der Waals surface area (Å²) in [7, 11) is 0. The van der Waals surface area contributed by atoms with Crippen LogP contribution in [0.25, 0.3) is 0 Å². The highest BCUT2D eigenvalue weighted by Crippen LogP contribution is 2.33. The molecule has 0 aliphatic carbocycles. The van der Waals surface area contributed by atoms with Crippen LogP contribution in [0.3, 0.4) is 0 Å². The third-order valence-electron chi connectivity index (χ3n) is 3.85. The van der Waals surface area contributed by atoms with Crippen LogP contribution in [0.1, 0.15) is 11.1 Å². The van der Waals surface area contributed by atoms with Crippen LogP contribution in [0.5, 0.6) is 0 Å². The van der Waals surface area contributed by atoms with Gasteiger partial charge in [0.05, 0.1) is 16.4 Å². The maximum atomic E-state index is 14.7. The molecule has 3 aromatic carbocycles. The minimum absolute atomic E-state index is 0.0744. The molecule has 0 heterocycles. The zero-order valence-corrected chi connectivity index (χ0v) is 13.9. The number of anilines is 2. The van der Waals surface area contributed by atoms with Gasteiger partial charge >= 0.3 is 0 Å². The highest BCUT2D eigenvalue weighted by molar-refractivity contribution is 6.31. The lowest BCUT2D eigenvalue weighted by Crippen LogP contribution is -2.24. The highest BCUT2D eigenvalue weighted by Gasteiger charge is 2.18. The molecule has 122 valence electrons. The second-order valence-electron chi connectivity index (χ2n) is 5.63. The van der Waals surface area contributed by atoms with Crippen molar-refractivity contribution in [3.8, 4) is 0 Å². The van der Waals surface area contributed by atoms with Crippen molar-refractivity contribution in [2.75, 3.05) is 10.6 Å². The second kappa shape index (κ2) is 7.37. The first kappa shape index (κ1) is 16.3. The fourth-order valence-electron chi connectivity index (χ4n) is 2.70. The van der Waals surface area contributed by atoms with Crippen LogP contribution in [-0.4, -0.2) is 0 Å². The van der Waals surface area contributed by atoms with Gasteiger partial charge < -0.3 is 10.6 Å². The van der Waals surface area contributed by atoms with Crippen molar-refractivity contribution in [3.63, 3.8) is 0 Å². The Kier molecular flexibility index (Phi) is 5.02. The molecule has 0 aliphatic heterocycles. The van der Waals surface area contributed by atoms with Crippen molar-refractivity contribution < 1.29 is 4.39 Å². The standard InChI is InChI=1S/C20H18ClFN2/c21-17-11-12-18(23)20(19(17)22)24(13-15-7-3-1-4-8-15)14-16-9-5-2-6-10-16/h1-12H,13-14,23H2. The van der Waals surface area contributed by atoms with Crippen molar-refractivity contribution in [1.82, 2.24) is 0 Å². The van der Waals surface area contributed by atoms with E-state index in [1.807, 2.05) is 65.6 Å². The van der Waals surface area contributed by atoms with E-state index in [2.05, 4.69) is 0 Å². The van der Waals surface area contributed by atoms with Gasteiger partial charge in [-0.1, -0.05) is 72.3 Å². The molecule has 0 aromatic heterocycles. The van der Waals surface area contributed by atoms with Crippen LogP contribution < -0.4 is 10.6 Å². The lowest BCUT2D eigenvalue weighted by Gasteiger charge is -2.27. The van der Waals surface area contributed by atoms with Crippen molar-refractivity contribution >= 4 is 23.0 Å². The van der Waals surface area contributed by atoms with Crippen LogP contribution in [0.2, 0.25) is 5.02 Å². The number of rotatable bonds is 5. The van der Waals surface area contributed by atoms with Crippen molar-refractivity contribution in [1.29, 1.82) is 0 Å². The van der Waals surface area contributed by atoms with Crippen LogP contribution in [0, 0.1) is 5.82 Å². The van der Waals surface area contributed by atoms with E-state index in [0.717, 1.165) is 11.1 Å². The number of nitrogens with two attached hydrogens (primary N) is 1. The topological polar surface area (TPSA) is 29.3 Å². The smallest absolute Gasteiger partial charge is 0.167 e. The fourth-order valence-corrected chi connectivity index (χ4v) is 2.85. The summed E-state index contributed by atoms with van der Waals surface area (Å²) in [5.41, 5.74) is 8.93. The maximum absolute atomic E-state index is 14.7. The fraction of sp³-hybridized carbons (Fsp3) is 0.100. The SMILES string of the molecule is Nc1ccc(Cl)c(F)c1N(Cc1ccccc1)Cc1ccccc1. The van der Waals surface area contributed by atoms with Gasteiger partial charge in [-0.05, 0) is 23.3 Å². The van der Waals surface area contributed by atoms with Gasteiger partial charge in [-0.25, -0.2) is 4.39 Å². The normalized spacial score (nSPS) is 10.6. The molecule has 0 amide bonds. The Morgan fingerprint density at radius 3 is 1.79 bits per heavy atom. The predicted octanol–water partition coefficient (Wildman–Crippen LogP) is 5.27. The van der Waals surface area contributed by atoms with Gasteiger partial charge in [-0.15, -0.1) is 0 Å². The molecule has 0 spiro atoms. The van der Waals surface area contributed by atoms with Crippen LogP contribution >= 0.6 is 11.6 Å². The van der Waals surface area contributed by atoms with Gasteiger partial charge in [0.15, 0.2) is 5.82 Å². The molecule has 0 aliphatic rings. The average molecular weight is 341 g/mol. The van der Waals surface area contributed by atoms with Gasteiger partial charge in [0.1, 0.15) is 0 Å². The summed E-state index contributed by atoms with van der Waals surface area (Å²) in [6, 6.07) is 22.9. The lowest BCUT2D eigenvalue weighted by atomic mass is 10.1. The van der Waals surface area contributed by atoms with E-state index < -0.39 is 5.82 Å². The van der Waals surface area contributed by atoms with Gasteiger partial charge in [0, 0.05) is 13.1 Å². The molecule has 0 saturated heterocycles. The Hall–Kier alpha value is -2.52. The van der Waals surface area contributed by atoms with Gasteiger partial charge in [0.2, 0.25) is 0 Å². The van der Waals surface area contributed by atoms with Crippen LogP contribution in [0.4, 0.5) is 15.8 Å². The molecular weight excluding hydrogens is 323 g/mol. The number of hydrogen-bond donors (Lipinski definition) is 1. The quantitative estimate of drug-likeness (QED) is 0.641. The number of nitrogen functional groups attached to an aromatic ring is 1. The number of nitrogens with zero attached hydrogens (tertiary/aromatic N) is 1. The summed E-state index contributed by atoms with van der Waals surface area (Å²) in [6.45, 7) is 1.08. The average Bonchev–Trinajstić information content (AvgIpc) is 2.60. The minimum Gasteiger partial charge on any atom is -0.397 e. The van der Waals surface area contributed by atoms with Crippen molar-refractivity contribution in [2.24, 2.45) is 0 Å². The summed E-state index contributed by atoms with van der Waals surface area (Å²) in [5.74, 6) is -0.483. The maximum Gasteiger partial charge on any atom is 0.167 e. The minimum atomic E-state index is -0.483. The van der Waals surface area contributed by atoms with Crippen molar-refractivity contribution in [3.05, 3.63) is 94.8 Å². The first-order chi connectivity index (χ1) is 11.6. The molecule has 0 radical (unpaired) electrons. The second-order valence-corrected chi connectivity index (χ2v) is 6.03. The van der Waals surface area contributed by atoms with E-state index in [-0.39, 0.29) is 5.02 Å². The Morgan fingerprint density at radius 2 is 1.29 bits per heavy atom. The zero-order valence-electron chi connectivity index (χ0n) is 13.1. The van der Waals surface area contributed by atoms with E-state index in [0.29, 0.717) is 24.5 Å². The molecule has 3 rings (SSSR count). The summed E-state index contributed by atoms with van der Waals surface area (Å²) in [6.07, 6.45) is 0. The third kappa shape index (κ3) is 3.69. The van der Waals surface area contributed by atoms with Crippen LogP contribution in [0.15, 0.2) is 72.8 Å². The molecule has 4 heteroatoms. The monoisotopic (exact) mass is 340 g/mol. The van der Waals surface area contributed by atoms with Crippen LogP contribution in [-0.2, 0) is 13.1 Å². The Morgan fingerprint density at radius 1 is 0.792 bits per heavy atom. The summed E-state index contributed by atoms with van der Waals surface area (Å²) in [4.78, 5) is 1.92. The van der Waals surface area contributed by atoms with Crippen molar-refractivity contribution in [2.45, 2.75) is 13.1 Å². The molecule has 2 nitrogen and oxygen atoms in total. The molecular formula is C20H18ClFN2. The van der Waals surface area contributed by atoms with E-state index >= 15 is 0 Å². The zero-order chi connectivity index (χ0) is 16.9. The molecule has 2 N–H and O–H groups in total. The molecule has 0 atom stereocenters. The number of hydrogen-bond acceptors (Lipinski definition) is 2. The molecule has 0 saturated carbocycles. The Balaban J connectivity index is 2.00. The van der Waals surface area contributed by atoms with E-state index in [1.54, 1.807) is 6.07 Å². The first-order valence-electron chi connectivity index (χ1n) is 7.71. The molecule has 24 heavy (non-hydrogen) atoms. The molecule has 0 bridgehead atoms. The van der Waals surface area contributed by atoms with Gasteiger partial charge in [-0.3, -0.25) is 0 Å². The van der Waals surface area contributed by atoms with Gasteiger partial charge in [0.25, 0.3) is 0 Å². The van der Waals surface area contributed by atoms with E-state index in [4.69, 9.17) is 17.3 Å². The van der Waals surface area contributed by atoms with E-state index in [1.165, 1.54) is 6.07 Å². The van der Waals surface area contributed by atoms with Gasteiger partial charge in [-0.2, -0.15) is 0 Å². The molecule has 3 aromatic rings. The summed E-state index contributed by atoms with van der Waals surface area (Å²) < 4.78 is 14.7. The number of benzene rings is 3. The summed E-state index contributed by atoms with van der Waals surface area (Å²) >= 11 is 5.98. The highest BCUT2D eigenvalue weighted by atomic mass is 35.5. The largest absolute Gasteiger partial charge is 0.397 e. The third-order valence-corrected chi connectivity index (χ3v) is 4.14. The Labute approximate surface area is 146 Å².